The number of aromatic nitrogens is 6. The van der Waals surface area contributed by atoms with Crippen LogP contribution in [0.2, 0.25) is 5.02 Å². The third-order valence-corrected chi connectivity index (χ3v) is 6.64. The van der Waals surface area contributed by atoms with Crippen molar-refractivity contribution in [3.63, 3.8) is 0 Å². The van der Waals surface area contributed by atoms with E-state index >= 15 is 0 Å². The molecule has 4 heterocycles. The van der Waals surface area contributed by atoms with Crippen molar-refractivity contribution in [2.45, 2.75) is 26.1 Å². The molecule has 44 heavy (non-hydrogen) atoms. The Morgan fingerprint density at radius 2 is 1.82 bits per heavy atom. The molecule has 4 aromatic heterocycles. The first-order chi connectivity index (χ1) is 20.9. The molecule has 0 amide bonds. The molecular formula is C29H22ClF4N7O3. The zero-order chi connectivity index (χ0) is 31.6. The van der Waals surface area contributed by atoms with Crippen LogP contribution in [0.25, 0.3) is 16.9 Å². The number of halogens is 5. The van der Waals surface area contributed by atoms with Gasteiger partial charge >= 0.3 is 12.1 Å². The van der Waals surface area contributed by atoms with Crippen LogP contribution in [0.1, 0.15) is 40.3 Å². The van der Waals surface area contributed by atoms with E-state index in [1.54, 1.807) is 31.5 Å². The fourth-order valence-corrected chi connectivity index (χ4v) is 4.33. The number of hydrogen-bond donors (Lipinski definition) is 1. The molecule has 5 aromatic rings. The average molecular weight is 628 g/mol. The molecule has 0 aliphatic carbocycles. The van der Waals surface area contributed by atoms with Crippen molar-refractivity contribution in [2.24, 2.45) is 0 Å². The van der Waals surface area contributed by atoms with Crippen LogP contribution >= 0.6 is 11.6 Å². The first-order valence-corrected chi connectivity index (χ1v) is 13.2. The minimum Gasteiger partial charge on any atom is -0.469 e. The highest BCUT2D eigenvalue weighted by molar-refractivity contribution is 6.31. The highest BCUT2D eigenvalue weighted by atomic mass is 35.5. The average Bonchev–Trinajstić information content (AvgIpc) is 3.41. The molecule has 0 saturated carbocycles. The molecule has 1 aromatic carbocycles. The standard InChI is InChI=1S/C29H22ClF4N7O3/c1-15-10-24(29(32,33)34)40-41(15)25-21(14-37-28(39-25)38-19-4-5-23(31)22(30)12-19)18-11-20(27(42)43-3)26(36-13-18)44-16(2)17-6-8-35-9-7-17/h4-14,16H,1-3H3,(H,37,38,39). The van der Waals surface area contributed by atoms with Gasteiger partial charge in [0, 0.05) is 47.3 Å². The predicted octanol–water partition coefficient (Wildman–Crippen LogP) is 6.91. The van der Waals surface area contributed by atoms with Gasteiger partial charge in [-0.2, -0.15) is 23.3 Å². The number of esters is 1. The maximum Gasteiger partial charge on any atom is 0.435 e. The topological polar surface area (TPSA) is 117 Å². The van der Waals surface area contributed by atoms with E-state index in [1.165, 1.54) is 44.6 Å². The van der Waals surface area contributed by atoms with E-state index in [1.807, 2.05) is 0 Å². The van der Waals surface area contributed by atoms with Crippen LogP contribution in [0.4, 0.5) is 29.2 Å². The Morgan fingerprint density at radius 3 is 2.48 bits per heavy atom. The summed E-state index contributed by atoms with van der Waals surface area (Å²) in [6.45, 7) is 3.19. The molecule has 0 fully saturated rings. The van der Waals surface area contributed by atoms with Gasteiger partial charge in [0.25, 0.3) is 0 Å². The van der Waals surface area contributed by atoms with E-state index in [2.05, 4.69) is 30.4 Å². The van der Waals surface area contributed by atoms with Crippen LogP contribution in [0.5, 0.6) is 5.88 Å². The fraction of sp³-hybridized carbons (Fsp3) is 0.172. The van der Waals surface area contributed by atoms with Gasteiger partial charge in [-0.1, -0.05) is 11.6 Å². The first-order valence-electron chi connectivity index (χ1n) is 12.8. The van der Waals surface area contributed by atoms with E-state index in [-0.39, 0.29) is 45.1 Å². The van der Waals surface area contributed by atoms with Crippen molar-refractivity contribution in [2.75, 3.05) is 12.4 Å². The summed E-state index contributed by atoms with van der Waals surface area (Å²) in [7, 11) is 1.19. The molecule has 1 N–H and O–H groups in total. The van der Waals surface area contributed by atoms with Gasteiger partial charge in [0.05, 0.1) is 12.1 Å². The van der Waals surface area contributed by atoms with Crippen LogP contribution < -0.4 is 10.1 Å². The Kier molecular flexibility index (Phi) is 8.45. The maximum atomic E-state index is 13.7. The van der Waals surface area contributed by atoms with Crippen molar-refractivity contribution in [3.8, 4) is 22.8 Å². The largest absolute Gasteiger partial charge is 0.469 e. The van der Waals surface area contributed by atoms with Crippen LogP contribution in [0.15, 0.2) is 67.3 Å². The Hall–Kier alpha value is -5.11. The molecule has 0 bridgehead atoms. The van der Waals surface area contributed by atoms with Gasteiger partial charge < -0.3 is 14.8 Å². The molecule has 1 unspecified atom stereocenters. The molecule has 0 aliphatic rings. The van der Waals surface area contributed by atoms with Gasteiger partial charge in [-0.05, 0) is 61.9 Å². The molecular weight excluding hydrogens is 606 g/mol. The number of anilines is 2. The van der Waals surface area contributed by atoms with Crippen LogP contribution in [-0.4, -0.2) is 42.8 Å². The number of pyridine rings is 2. The summed E-state index contributed by atoms with van der Waals surface area (Å²) in [5.74, 6) is -1.56. The number of aryl methyl sites for hydroxylation is 1. The lowest BCUT2D eigenvalue weighted by Crippen LogP contribution is -2.12. The number of alkyl halides is 3. The molecule has 0 saturated heterocycles. The van der Waals surface area contributed by atoms with Gasteiger partial charge in [0.2, 0.25) is 11.8 Å². The summed E-state index contributed by atoms with van der Waals surface area (Å²) in [5, 5.41) is 6.43. The van der Waals surface area contributed by atoms with Crippen molar-refractivity contribution in [1.29, 1.82) is 0 Å². The monoisotopic (exact) mass is 627 g/mol. The summed E-state index contributed by atoms with van der Waals surface area (Å²) >= 11 is 5.88. The van der Waals surface area contributed by atoms with Crippen molar-refractivity contribution in [3.05, 3.63) is 101 Å². The Labute approximate surface area is 252 Å². The number of nitrogens with zero attached hydrogens (tertiary/aromatic N) is 6. The minimum absolute atomic E-state index is 0.0338. The lowest BCUT2D eigenvalue weighted by molar-refractivity contribution is -0.141. The minimum atomic E-state index is -4.72. The summed E-state index contributed by atoms with van der Waals surface area (Å²) in [5.41, 5.74) is 0.457. The Bertz CT molecular complexity index is 1830. The van der Waals surface area contributed by atoms with E-state index in [0.717, 1.165) is 22.4 Å². The fourth-order valence-electron chi connectivity index (χ4n) is 4.15. The van der Waals surface area contributed by atoms with Gasteiger partial charge in [-0.25, -0.2) is 23.8 Å². The molecule has 10 nitrogen and oxygen atoms in total. The van der Waals surface area contributed by atoms with Crippen LogP contribution in [-0.2, 0) is 10.9 Å². The number of carbonyl (C=O) groups is 1. The quantitative estimate of drug-likeness (QED) is 0.145. The van der Waals surface area contributed by atoms with E-state index < -0.39 is 29.8 Å². The second-order valence-electron chi connectivity index (χ2n) is 9.37. The number of nitrogens with one attached hydrogen (secondary N) is 1. The Balaban J connectivity index is 1.61. The summed E-state index contributed by atoms with van der Waals surface area (Å²) in [4.78, 5) is 29.8. The van der Waals surface area contributed by atoms with Crippen molar-refractivity contribution >= 4 is 29.2 Å². The van der Waals surface area contributed by atoms with Crippen LogP contribution in [0.3, 0.4) is 0 Å². The second-order valence-corrected chi connectivity index (χ2v) is 9.78. The molecule has 5 rings (SSSR count). The lowest BCUT2D eigenvalue weighted by Gasteiger charge is -2.17. The first kappa shape index (κ1) is 30.4. The third kappa shape index (κ3) is 6.44. The van der Waals surface area contributed by atoms with Crippen molar-refractivity contribution in [1.82, 2.24) is 29.7 Å². The molecule has 0 spiro atoms. The van der Waals surface area contributed by atoms with Crippen molar-refractivity contribution < 1.29 is 31.8 Å². The maximum absolute atomic E-state index is 13.7. The number of carbonyl (C=O) groups excluding carboxylic acids is 1. The molecule has 1 atom stereocenters. The number of methoxy groups -OCH3 is 1. The van der Waals surface area contributed by atoms with E-state index in [0.29, 0.717) is 5.69 Å². The number of ether oxygens (including phenoxy) is 2. The number of benzene rings is 1. The summed E-state index contributed by atoms with van der Waals surface area (Å²) in [6.07, 6.45) is 0.635. The van der Waals surface area contributed by atoms with Gasteiger partial charge in [0.1, 0.15) is 17.5 Å². The zero-order valence-corrected chi connectivity index (χ0v) is 24.0. The number of rotatable bonds is 8. The highest BCUT2D eigenvalue weighted by Crippen LogP contribution is 2.34. The zero-order valence-electron chi connectivity index (χ0n) is 23.2. The van der Waals surface area contributed by atoms with Gasteiger partial charge in [-0.15, -0.1) is 0 Å². The smallest absolute Gasteiger partial charge is 0.435 e. The molecule has 15 heteroatoms. The third-order valence-electron chi connectivity index (χ3n) is 6.35. The predicted molar refractivity (Wildman–Crippen MR) is 151 cm³/mol. The van der Waals surface area contributed by atoms with E-state index in [4.69, 9.17) is 21.1 Å². The molecule has 0 radical (unpaired) electrons. The van der Waals surface area contributed by atoms with Gasteiger partial charge in [0.15, 0.2) is 11.5 Å². The Morgan fingerprint density at radius 1 is 1.07 bits per heavy atom. The normalized spacial score (nSPS) is 12.1. The van der Waals surface area contributed by atoms with E-state index in [9.17, 15) is 22.4 Å². The second kappa shape index (κ2) is 12.2. The SMILES string of the molecule is COC(=O)c1cc(-c2cnc(Nc3ccc(F)c(Cl)c3)nc2-n2nc(C(F)(F)F)cc2C)cnc1OC(C)c1ccncc1. The van der Waals surface area contributed by atoms with Gasteiger partial charge in [-0.3, -0.25) is 4.98 Å². The highest BCUT2D eigenvalue weighted by Gasteiger charge is 2.35. The summed E-state index contributed by atoms with van der Waals surface area (Å²) in [6, 6.07) is 9.59. The van der Waals surface area contributed by atoms with Crippen LogP contribution in [0, 0.1) is 12.7 Å². The molecule has 226 valence electrons. The molecule has 0 aliphatic heterocycles. The summed E-state index contributed by atoms with van der Waals surface area (Å²) < 4.78 is 66.3. The number of hydrogen-bond acceptors (Lipinski definition) is 9. The lowest BCUT2D eigenvalue weighted by atomic mass is 10.1.